The lowest BCUT2D eigenvalue weighted by Crippen LogP contribution is -2.31. The number of hydrogen-bond acceptors (Lipinski definition) is 2. The van der Waals surface area contributed by atoms with Crippen molar-refractivity contribution in [2.45, 2.75) is 26.2 Å². The molecule has 0 bridgehead atoms. The van der Waals surface area contributed by atoms with E-state index in [9.17, 15) is 4.79 Å². The molecular weight excluding hydrogens is 198 g/mol. The Hall–Kier alpha value is -1.15. The van der Waals surface area contributed by atoms with Crippen LogP contribution in [0.4, 0.5) is 0 Å². The van der Waals surface area contributed by atoms with Crippen molar-refractivity contribution in [3.8, 4) is 0 Å². The lowest BCUT2D eigenvalue weighted by atomic mass is 9.89. The highest BCUT2D eigenvalue weighted by molar-refractivity contribution is 5.95. The number of hydrogen-bond donors (Lipinski definition) is 1. The van der Waals surface area contributed by atoms with Crippen LogP contribution in [0.3, 0.4) is 0 Å². The van der Waals surface area contributed by atoms with E-state index in [0.29, 0.717) is 5.92 Å². The van der Waals surface area contributed by atoms with E-state index < -0.39 is 0 Å². The molecular formula is C14H19NO. The summed E-state index contributed by atoms with van der Waals surface area (Å²) in [5.41, 5.74) is 2.11. The predicted molar refractivity (Wildman–Crippen MR) is 65.7 cm³/mol. The van der Waals surface area contributed by atoms with Gasteiger partial charge < -0.3 is 5.32 Å². The number of nitrogens with one attached hydrogen (secondary N) is 1. The zero-order valence-electron chi connectivity index (χ0n) is 9.83. The Morgan fingerprint density at radius 3 is 2.94 bits per heavy atom. The van der Waals surface area contributed by atoms with Gasteiger partial charge in [-0.1, -0.05) is 24.3 Å². The maximum Gasteiger partial charge on any atom is 0.160 e. The number of ketones is 1. The van der Waals surface area contributed by atoms with E-state index in [1.807, 2.05) is 18.2 Å². The molecule has 1 aliphatic heterocycles. The molecule has 1 aromatic carbocycles. The smallest absolute Gasteiger partial charge is 0.160 e. The van der Waals surface area contributed by atoms with E-state index in [0.717, 1.165) is 25.1 Å². The van der Waals surface area contributed by atoms with E-state index >= 15 is 0 Å². The summed E-state index contributed by atoms with van der Waals surface area (Å²) in [6.07, 6.45) is 3.56. The molecule has 86 valence electrons. The first kappa shape index (κ1) is 11.3. The summed E-state index contributed by atoms with van der Waals surface area (Å²) in [5, 5.41) is 3.42. The number of benzene rings is 1. The van der Waals surface area contributed by atoms with Crippen LogP contribution in [0.2, 0.25) is 0 Å². The molecule has 1 saturated heterocycles. The highest BCUT2D eigenvalue weighted by Crippen LogP contribution is 2.19. The van der Waals surface area contributed by atoms with E-state index in [1.54, 1.807) is 6.92 Å². The molecule has 0 amide bonds. The molecule has 0 saturated carbocycles. The molecule has 0 radical (unpaired) electrons. The third-order valence-corrected chi connectivity index (χ3v) is 3.30. The number of carbonyl (C=O) groups excluding carboxylic acids is 1. The van der Waals surface area contributed by atoms with Crippen LogP contribution in [0.1, 0.15) is 35.7 Å². The van der Waals surface area contributed by atoms with Crippen molar-refractivity contribution in [3.05, 3.63) is 35.4 Å². The molecule has 2 nitrogen and oxygen atoms in total. The first-order valence-electron chi connectivity index (χ1n) is 6.07. The fourth-order valence-electron chi connectivity index (χ4n) is 2.45. The van der Waals surface area contributed by atoms with E-state index in [4.69, 9.17) is 0 Å². The largest absolute Gasteiger partial charge is 0.316 e. The Balaban J connectivity index is 2.10. The van der Waals surface area contributed by atoms with Gasteiger partial charge >= 0.3 is 0 Å². The van der Waals surface area contributed by atoms with Gasteiger partial charge in [-0.15, -0.1) is 0 Å². The maximum absolute atomic E-state index is 11.5. The monoisotopic (exact) mass is 217 g/mol. The molecule has 2 heteroatoms. The predicted octanol–water partition coefficient (Wildman–Crippen LogP) is 2.43. The van der Waals surface area contributed by atoms with Crippen molar-refractivity contribution in [1.82, 2.24) is 5.32 Å². The minimum atomic E-state index is 0.180. The average molecular weight is 217 g/mol. The van der Waals surface area contributed by atoms with Crippen LogP contribution in [0.5, 0.6) is 0 Å². The van der Waals surface area contributed by atoms with Gasteiger partial charge in [0, 0.05) is 5.56 Å². The highest BCUT2D eigenvalue weighted by Gasteiger charge is 2.15. The molecule has 2 rings (SSSR count). The molecule has 0 spiro atoms. The van der Waals surface area contributed by atoms with Gasteiger partial charge in [0.05, 0.1) is 0 Å². The van der Waals surface area contributed by atoms with Gasteiger partial charge in [0.1, 0.15) is 0 Å². The van der Waals surface area contributed by atoms with Crippen molar-refractivity contribution < 1.29 is 4.79 Å². The Morgan fingerprint density at radius 1 is 1.44 bits per heavy atom. The summed E-state index contributed by atoms with van der Waals surface area (Å²) in [6, 6.07) is 8.00. The number of rotatable bonds is 3. The number of Topliss-reactive ketones (excluding diaryl/α,β-unsaturated/α-hetero) is 1. The fourth-order valence-corrected chi connectivity index (χ4v) is 2.45. The summed E-state index contributed by atoms with van der Waals surface area (Å²) in [5.74, 6) is 0.869. The van der Waals surface area contributed by atoms with Gasteiger partial charge in [-0.05, 0) is 50.8 Å². The Labute approximate surface area is 97.1 Å². The van der Waals surface area contributed by atoms with Crippen LogP contribution < -0.4 is 5.32 Å². The van der Waals surface area contributed by atoms with Gasteiger partial charge in [-0.3, -0.25) is 4.79 Å². The summed E-state index contributed by atoms with van der Waals surface area (Å²) in [4.78, 5) is 11.5. The molecule has 16 heavy (non-hydrogen) atoms. The molecule has 0 aromatic heterocycles. The van der Waals surface area contributed by atoms with E-state index in [2.05, 4.69) is 11.4 Å². The van der Waals surface area contributed by atoms with Crippen LogP contribution >= 0.6 is 0 Å². The Kier molecular flexibility index (Phi) is 3.73. The van der Waals surface area contributed by atoms with Gasteiger partial charge in [0.2, 0.25) is 0 Å². The minimum Gasteiger partial charge on any atom is -0.316 e. The standard InChI is InChI=1S/C14H19NO/c1-11(16)14-7-3-2-6-13(14)9-12-5-4-8-15-10-12/h2-3,6-7,12,15H,4-5,8-10H2,1H3. The maximum atomic E-state index is 11.5. The summed E-state index contributed by atoms with van der Waals surface area (Å²) < 4.78 is 0. The van der Waals surface area contributed by atoms with Crippen LogP contribution in [0.25, 0.3) is 0 Å². The van der Waals surface area contributed by atoms with E-state index in [1.165, 1.54) is 18.4 Å². The summed E-state index contributed by atoms with van der Waals surface area (Å²) in [6.45, 7) is 3.88. The van der Waals surface area contributed by atoms with Crippen molar-refractivity contribution in [3.63, 3.8) is 0 Å². The first-order chi connectivity index (χ1) is 7.77. The van der Waals surface area contributed by atoms with Crippen molar-refractivity contribution in [2.75, 3.05) is 13.1 Å². The minimum absolute atomic E-state index is 0.180. The number of piperidine rings is 1. The van der Waals surface area contributed by atoms with Crippen molar-refractivity contribution in [2.24, 2.45) is 5.92 Å². The number of carbonyl (C=O) groups is 1. The molecule has 1 unspecified atom stereocenters. The quantitative estimate of drug-likeness (QED) is 0.788. The molecule has 1 aromatic rings. The third-order valence-electron chi connectivity index (χ3n) is 3.30. The molecule has 1 fully saturated rings. The molecule has 0 aliphatic carbocycles. The fraction of sp³-hybridized carbons (Fsp3) is 0.500. The second-order valence-electron chi connectivity index (χ2n) is 4.63. The van der Waals surface area contributed by atoms with Gasteiger partial charge in [-0.25, -0.2) is 0 Å². The molecule has 1 N–H and O–H groups in total. The van der Waals surface area contributed by atoms with Crippen LogP contribution in [-0.2, 0) is 6.42 Å². The van der Waals surface area contributed by atoms with Gasteiger partial charge in [0.25, 0.3) is 0 Å². The Morgan fingerprint density at radius 2 is 2.25 bits per heavy atom. The summed E-state index contributed by atoms with van der Waals surface area (Å²) in [7, 11) is 0. The normalized spacial score (nSPS) is 20.7. The topological polar surface area (TPSA) is 29.1 Å². The van der Waals surface area contributed by atoms with Crippen molar-refractivity contribution in [1.29, 1.82) is 0 Å². The molecule has 1 aliphatic rings. The van der Waals surface area contributed by atoms with E-state index in [-0.39, 0.29) is 5.78 Å². The zero-order chi connectivity index (χ0) is 11.4. The van der Waals surface area contributed by atoms with Gasteiger partial charge in [-0.2, -0.15) is 0 Å². The average Bonchev–Trinajstić information content (AvgIpc) is 2.31. The molecule has 1 heterocycles. The summed E-state index contributed by atoms with van der Waals surface area (Å²) >= 11 is 0. The SMILES string of the molecule is CC(=O)c1ccccc1CC1CCCNC1. The third kappa shape index (κ3) is 2.70. The lowest BCUT2D eigenvalue weighted by Gasteiger charge is -2.23. The first-order valence-corrected chi connectivity index (χ1v) is 6.07. The lowest BCUT2D eigenvalue weighted by molar-refractivity contribution is 0.101. The zero-order valence-corrected chi connectivity index (χ0v) is 9.83. The second kappa shape index (κ2) is 5.26. The van der Waals surface area contributed by atoms with Crippen LogP contribution in [0.15, 0.2) is 24.3 Å². The van der Waals surface area contributed by atoms with Crippen LogP contribution in [-0.4, -0.2) is 18.9 Å². The van der Waals surface area contributed by atoms with Crippen molar-refractivity contribution >= 4 is 5.78 Å². The second-order valence-corrected chi connectivity index (χ2v) is 4.63. The van der Waals surface area contributed by atoms with Gasteiger partial charge in [0.15, 0.2) is 5.78 Å². The molecule has 1 atom stereocenters. The highest BCUT2D eigenvalue weighted by atomic mass is 16.1. The Bertz CT molecular complexity index is 367. The van der Waals surface area contributed by atoms with Crippen LogP contribution in [0, 0.1) is 5.92 Å².